The number of aromatic nitrogens is 3. The second-order valence-electron chi connectivity index (χ2n) is 8.95. The second-order valence-corrected chi connectivity index (χ2v) is 8.95. The molecule has 1 aliphatic rings. The SMILES string of the molecule is COc1cc(Nc2nc(C)cc(N3CCN(c4ccnc5cc(C(F)(F)F)ccc45)CC3)n2)cc(OC)c1. The quantitative estimate of drug-likeness (QED) is 0.358. The highest BCUT2D eigenvalue weighted by atomic mass is 19.4. The molecule has 1 N–H and O–H groups in total. The van der Waals surface area contributed by atoms with E-state index in [4.69, 9.17) is 14.5 Å². The van der Waals surface area contributed by atoms with Crippen LogP contribution >= 0.6 is 0 Å². The Kier molecular flexibility index (Phi) is 6.83. The Morgan fingerprint density at radius 2 is 1.53 bits per heavy atom. The number of piperazine rings is 1. The van der Waals surface area contributed by atoms with Gasteiger partial charge in [-0.2, -0.15) is 18.2 Å². The van der Waals surface area contributed by atoms with E-state index in [0.717, 1.165) is 35.0 Å². The number of anilines is 4. The van der Waals surface area contributed by atoms with Crippen molar-refractivity contribution in [3.63, 3.8) is 0 Å². The minimum Gasteiger partial charge on any atom is -0.497 e. The maximum Gasteiger partial charge on any atom is 0.416 e. The zero-order valence-electron chi connectivity index (χ0n) is 21.2. The molecule has 0 aliphatic carbocycles. The lowest BCUT2D eigenvalue weighted by molar-refractivity contribution is -0.137. The summed E-state index contributed by atoms with van der Waals surface area (Å²) in [5.41, 5.74) is 2.05. The number of aryl methyl sites for hydroxylation is 1. The molecule has 0 amide bonds. The van der Waals surface area contributed by atoms with Crippen LogP contribution in [0.2, 0.25) is 0 Å². The molecule has 8 nitrogen and oxygen atoms in total. The molecular formula is C27H27F3N6O2. The van der Waals surface area contributed by atoms with Crippen molar-refractivity contribution >= 4 is 34.0 Å². The Labute approximate surface area is 218 Å². The van der Waals surface area contributed by atoms with Crippen molar-refractivity contribution in [3.05, 3.63) is 66.0 Å². The van der Waals surface area contributed by atoms with Gasteiger partial charge in [-0.3, -0.25) is 4.98 Å². The molecule has 38 heavy (non-hydrogen) atoms. The average molecular weight is 525 g/mol. The van der Waals surface area contributed by atoms with E-state index in [1.54, 1.807) is 26.5 Å². The zero-order valence-corrected chi connectivity index (χ0v) is 21.2. The van der Waals surface area contributed by atoms with Crippen LogP contribution in [0.1, 0.15) is 11.3 Å². The number of benzene rings is 2. The third-order valence-electron chi connectivity index (χ3n) is 6.44. The largest absolute Gasteiger partial charge is 0.497 e. The molecule has 2 aromatic carbocycles. The number of nitrogens with one attached hydrogen (secondary N) is 1. The predicted octanol–water partition coefficient (Wildman–Crippen LogP) is 5.44. The van der Waals surface area contributed by atoms with Gasteiger partial charge in [-0.25, -0.2) is 4.98 Å². The first-order valence-corrected chi connectivity index (χ1v) is 12.0. The van der Waals surface area contributed by atoms with Crippen molar-refractivity contribution in [2.45, 2.75) is 13.1 Å². The molecule has 2 aromatic heterocycles. The summed E-state index contributed by atoms with van der Waals surface area (Å²) < 4.78 is 50.1. The lowest BCUT2D eigenvalue weighted by Gasteiger charge is -2.37. The van der Waals surface area contributed by atoms with Gasteiger partial charge in [0.25, 0.3) is 0 Å². The van der Waals surface area contributed by atoms with Crippen molar-refractivity contribution in [2.75, 3.05) is 55.5 Å². The van der Waals surface area contributed by atoms with E-state index >= 15 is 0 Å². The highest BCUT2D eigenvalue weighted by molar-refractivity contribution is 5.92. The van der Waals surface area contributed by atoms with E-state index < -0.39 is 11.7 Å². The van der Waals surface area contributed by atoms with E-state index in [0.29, 0.717) is 54.5 Å². The van der Waals surface area contributed by atoms with Gasteiger partial charge in [0.1, 0.15) is 17.3 Å². The van der Waals surface area contributed by atoms with Crippen molar-refractivity contribution in [2.24, 2.45) is 0 Å². The summed E-state index contributed by atoms with van der Waals surface area (Å²) in [5, 5.41) is 3.94. The number of hydrogen-bond acceptors (Lipinski definition) is 8. The molecular weight excluding hydrogens is 497 g/mol. The normalized spacial score (nSPS) is 14.1. The highest BCUT2D eigenvalue weighted by Crippen LogP contribution is 2.34. The summed E-state index contributed by atoms with van der Waals surface area (Å²) in [4.78, 5) is 17.8. The number of fused-ring (bicyclic) bond motifs is 1. The number of ether oxygens (including phenoxy) is 2. The summed E-state index contributed by atoms with van der Waals surface area (Å²) in [6.45, 7) is 4.65. The topological polar surface area (TPSA) is 75.6 Å². The van der Waals surface area contributed by atoms with Crippen LogP contribution in [0.25, 0.3) is 10.9 Å². The Morgan fingerprint density at radius 1 is 0.842 bits per heavy atom. The lowest BCUT2D eigenvalue weighted by atomic mass is 10.1. The van der Waals surface area contributed by atoms with E-state index in [2.05, 4.69) is 25.1 Å². The van der Waals surface area contributed by atoms with Crippen molar-refractivity contribution in [1.82, 2.24) is 15.0 Å². The molecule has 0 atom stereocenters. The van der Waals surface area contributed by atoms with Gasteiger partial charge >= 0.3 is 6.18 Å². The van der Waals surface area contributed by atoms with Crippen LogP contribution in [-0.2, 0) is 6.18 Å². The molecule has 1 aliphatic heterocycles. The molecule has 3 heterocycles. The Hall–Kier alpha value is -4.28. The highest BCUT2D eigenvalue weighted by Gasteiger charge is 2.31. The van der Waals surface area contributed by atoms with E-state index in [-0.39, 0.29) is 0 Å². The first-order chi connectivity index (χ1) is 18.2. The Bertz CT molecular complexity index is 1430. The predicted molar refractivity (Wildman–Crippen MR) is 141 cm³/mol. The van der Waals surface area contributed by atoms with Crippen LogP contribution in [0.4, 0.5) is 36.3 Å². The maximum atomic E-state index is 13.2. The fourth-order valence-corrected chi connectivity index (χ4v) is 4.54. The number of alkyl halides is 3. The van der Waals surface area contributed by atoms with E-state index in [9.17, 15) is 13.2 Å². The molecule has 0 radical (unpaired) electrons. The van der Waals surface area contributed by atoms with Gasteiger partial charge in [-0.05, 0) is 25.1 Å². The van der Waals surface area contributed by atoms with Gasteiger partial charge in [0, 0.05) is 79.1 Å². The molecule has 0 saturated carbocycles. The standard InChI is InChI=1S/C27H27F3N6O2/c1-17-12-25(34-26(32-17)33-19-14-20(37-2)16-21(15-19)38-3)36-10-8-35(9-11-36)24-6-7-31-23-13-18(27(28,29)30)4-5-22(23)24/h4-7,12-16H,8-11H2,1-3H3,(H,32,33,34). The monoisotopic (exact) mass is 524 g/mol. The molecule has 5 rings (SSSR count). The van der Waals surface area contributed by atoms with Gasteiger partial charge in [0.15, 0.2) is 0 Å². The number of hydrogen-bond donors (Lipinski definition) is 1. The van der Waals surface area contributed by atoms with E-state index in [1.807, 2.05) is 31.2 Å². The van der Waals surface area contributed by atoms with E-state index in [1.165, 1.54) is 6.07 Å². The third-order valence-corrected chi connectivity index (χ3v) is 6.44. The molecule has 11 heteroatoms. The van der Waals surface area contributed by atoms with Crippen LogP contribution in [0.5, 0.6) is 11.5 Å². The molecule has 198 valence electrons. The number of pyridine rings is 1. The van der Waals surface area contributed by atoms with Crippen LogP contribution < -0.4 is 24.6 Å². The number of methoxy groups -OCH3 is 2. The van der Waals surface area contributed by atoms with Crippen molar-refractivity contribution in [3.8, 4) is 11.5 Å². The summed E-state index contributed by atoms with van der Waals surface area (Å²) in [5.74, 6) is 2.55. The molecule has 1 saturated heterocycles. The van der Waals surface area contributed by atoms with Crippen LogP contribution in [0.3, 0.4) is 0 Å². The summed E-state index contributed by atoms with van der Waals surface area (Å²) in [7, 11) is 3.18. The van der Waals surface area contributed by atoms with Gasteiger partial charge in [-0.1, -0.05) is 6.07 Å². The molecule has 0 unspecified atom stereocenters. The Morgan fingerprint density at radius 3 is 2.18 bits per heavy atom. The fraction of sp³-hybridized carbons (Fsp3) is 0.296. The molecule has 1 fully saturated rings. The van der Waals surface area contributed by atoms with Gasteiger partial charge in [0.05, 0.1) is 25.3 Å². The van der Waals surface area contributed by atoms with Crippen LogP contribution in [0, 0.1) is 6.92 Å². The second kappa shape index (κ2) is 10.2. The fourth-order valence-electron chi connectivity index (χ4n) is 4.54. The summed E-state index contributed by atoms with van der Waals surface area (Å²) in [6.07, 6.45) is -2.84. The van der Waals surface area contributed by atoms with Crippen molar-refractivity contribution < 1.29 is 22.6 Å². The third kappa shape index (κ3) is 5.36. The van der Waals surface area contributed by atoms with Gasteiger partial charge in [-0.15, -0.1) is 0 Å². The van der Waals surface area contributed by atoms with Crippen molar-refractivity contribution in [1.29, 1.82) is 0 Å². The van der Waals surface area contributed by atoms with Gasteiger partial charge < -0.3 is 24.6 Å². The first kappa shape index (κ1) is 25.4. The summed E-state index contributed by atoms with van der Waals surface area (Å²) in [6, 6.07) is 13.0. The lowest BCUT2D eigenvalue weighted by Crippen LogP contribution is -2.47. The minimum absolute atomic E-state index is 0.330. The molecule has 4 aromatic rings. The number of nitrogens with zero attached hydrogens (tertiary/aromatic N) is 5. The maximum absolute atomic E-state index is 13.2. The average Bonchev–Trinajstić information content (AvgIpc) is 2.91. The minimum atomic E-state index is -4.40. The number of rotatable bonds is 6. The van der Waals surface area contributed by atoms with Gasteiger partial charge in [0.2, 0.25) is 5.95 Å². The first-order valence-electron chi connectivity index (χ1n) is 12.0. The molecule has 0 bridgehead atoms. The summed E-state index contributed by atoms with van der Waals surface area (Å²) >= 11 is 0. The van der Waals surface area contributed by atoms with Crippen LogP contribution in [0.15, 0.2) is 54.7 Å². The zero-order chi connectivity index (χ0) is 26.9. The number of halogens is 3. The smallest absolute Gasteiger partial charge is 0.416 e. The molecule has 0 spiro atoms. The Balaban J connectivity index is 1.32. The van der Waals surface area contributed by atoms with Crippen LogP contribution in [-0.4, -0.2) is 55.4 Å².